The smallest absolute Gasteiger partial charge is 0.330 e. The third-order valence-corrected chi connectivity index (χ3v) is 10.0. The van der Waals surface area contributed by atoms with E-state index in [2.05, 4.69) is 0 Å². The second-order valence-electron chi connectivity index (χ2n) is 14.1. The van der Waals surface area contributed by atoms with E-state index in [0.29, 0.717) is 19.3 Å². The highest BCUT2D eigenvalue weighted by molar-refractivity contribution is 5.91. The molecule has 0 aliphatic carbocycles. The van der Waals surface area contributed by atoms with Crippen molar-refractivity contribution in [3.8, 4) is 0 Å². The summed E-state index contributed by atoms with van der Waals surface area (Å²) >= 11 is 0. The zero-order valence-electron chi connectivity index (χ0n) is 31.0. The number of ketones is 1. The van der Waals surface area contributed by atoms with Crippen LogP contribution in [0.5, 0.6) is 0 Å². The van der Waals surface area contributed by atoms with Crippen LogP contribution in [0.1, 0.15) is 60.8 Å². The topological polar surface area (TPSA) is 142 Å². The van der Waals surface area contributed by atoms with Crippen molar-refractivity contribution in [1.82, 2.24) is 4.90 Å². The third-order valence-electron chi connectivity index (χ3n) is 10.0. The number of hydrogen-bond acceptors (Lipinski definition) is 12. The van der Waals surface area contributed by atoms with Gasteiger partial charge in [-0.25, -0.2) is 4.79 Å². The first-order chi connectivity index (χ1) is 23.2. The van der Waals surface area contributed by atoms with Gasteiger partial charge in [-0.05, 0) is 59.2 Å². The third kappa shape index (κ3) is 11.2. The highest BCUT2D eigenvalue weighted by Gasteiger charge is 2.45. The lowest BCUT2D eigenvalue weighted by molar-refractivity contribution is -0.304. The molecule has 0 aromatic heterocycles. The number of ether oxygens (including phenoxy) is 7. The van der Waals surface area contributed by atoms with Gasteiger partial charge in [-0.3, -0.25) is 4.79 Å². The molecule has 12 heteroatoms. The number of rotatable bonds is 9. The monoisotopic (exact) mass is 695 g/mol. The lowest BCUT2D eigenvalue weighted by Crippen LogP contribution is -2.59. The number of cyclic esters (lactones) is 1. The van der Waals surface area contributed by atoms with E-state index in [-0.39, 0.29) is 42.3 Å². The number of esters is 1. The number of allylic oxidation sites excluding steroid dienone is 3. The van der Waals surface area contributed by atoms with E-state index in [9.17, 15) is 19.8 Å². The predicted molar refractivity (Wildman–Crippen MR) is 183 cm³/mol. The van der Waals surface area contributed by atoms with Gasteiger partial charge in [-0.15, -0.1) is 0 Å². The van der Waals surface area contributed by atoms with Gasteiger partial charge in [-0.1, -0.05) is 52.0 Å². The molecule has 3 heterocycles. The van der Waals surface area contributed by atoms with Crippen LogP contribution < -0.4 is 0 Å². The fourth-order valence-electron chi connectivity index (χ4n) is 7.05. The van der Waals surface area contributed by atoms with Crippen molar-refractivity contribution in [2.45, 2.75) is 128 Å². The Labute approximate surface area is 292 Å². The second kappa shape index (κ2) is 19.6. The Bertz CT molecular complexity index is 1130. The molecule has 15 atom stereocenters. The molecule has 0 aromatic rings. The van der Waals surface area contributed by atoms with Gasteiger partial charge in [0.1, 0.15) is 30.5 Å². The fourth-order valence-corrected chi connectivity index (χ4v) is 7.05. The van der Waals surface area contributed by atoms with Crippen molar-refractivity contribution in [2.24, 2.45) is 23.7 Å². The Kier molecular flexibility index (Phi) is 16.5. The minimum atomic E-state index is -0.896. The van der Waals surface area contributed by atoms with Gasteiger partial charge in [0.25, 0.3) is 0 Å². The summed E-state index contributed by atoms with van der Waals surface area (Å²) in [5, 5.41) is 21.7. The Balaban J connectivity index is 1.85. The quantitative estimate of drug-likeness (QED) is 0.342. The van der Waals surface area contributed by atoms with Crippen LogP contribution in [0.25, 0.3) is 0 Å². The molecule has 15 unspecified atom stereocenters. The molecule has 0 amide bonds. The van der Waals surface area contributed by atoms with E-state index in [4.69, 9.17) is 33.2 Å². The summed E-state index contributed by atoms with van der Waals surface area (Å²) < 4.78 is 41.8. The summed E-state index contributed by atoms with van der Waals surface area (Å²) in [5.74, 6) is -1.62. The van der Waals surface area contributed by atoms with Gasteiger partial charge in [0.2, 0.25) is 0 Å². The minimum Gasteiger partial charge on any atom is -0.459 e. The number of carbonyl (C=O) groups excluding carboxylic acids is 2. The van der Waals surface area contributed by atoms with Crippen molar-refractivity contribution in [1.29, 1.82) is 0 Å². The highest BCUT2D eigenvalue weighted by atomic mass is 16.7. The number of carbonyl (C=O) groups is 2. The van der Waals surface area contributed by atoms with Gasteiger partial charge in [-0.2, -0.15) is 0 Å². The number of aliphatic hydroxyl groups is 2. The standard InChI is InChI=1S/C37H61NO11/c1-11-29-26(20-45-37-35(44-10)34(43-9)31(41)25(6)47-37)14-12-13-15-28(39)22(3)18-23(4)33(21(2)16-17-30(40)48-29)49-36-32(42)27(38(7)8)19-24(5)46-36/h12-17,21-27,29,31-37,41-42H,11,18-20H2,1-10H3. The first kappa shape index (κ1) is 41.4. The van der Waals surface area contributed by atoms with E-state index in [1.54, 1.807) is 31.2 Å². The predicted octanol–water partition coefficient (Wildman–Crippen LogP) is 3.44. The van der Waals surface area contributed by atoms with Gasteiger partial charge >= 0.3 is 5.97 Å². The van der Waals surface area contributed by atoms with Gasteiger partial charge in [0.05, 0.1) is 24.9 Å². The number of hydrogen-bond donors (Lipinski definition) is 2. The Morgan fingerprint density at radius 1 is 0.857 bits per heavy atom. The summed E-state index contributed by atoms with van der Waals surface area (Å²) in [5.41, 5.74) is 0. The first-order valence-corrected chi connectivity index (χ1v) is 17.7. The van der Waals surface area contributed by atoms with Crippen LogP contribution in [0.4, 0.5) is 0 Å². The molecule has 0 bridgehead atoms. The SMILES string of the molecule is CCC1OC(=O)C=CC(C)C(OC2OC(C)CC(N(C)C)C2O)C(C)CC(C)C(=O)C=CC=CC1COC1OC(C)C(O)C(OC)C1OC. The molecule has 49 heavy (non-hydrogen) atoms. The van der Waals surface area contributed by atoms with E-state index in [1.165, 1.54) is 20.3 Å². The molecule has 0 aromatic carbocycles. The minimum absolute atomic E-state index is 0.0243. The Morgan fingerprint density at radius 2 is 1.55 bits per heavy atom. The number of aliphatic hydroxyl groups excluding tert-OH is 2. The van der Waals surface area contributed by atoms with Crippen LogP contribution in [0.2, 0.25) is 0 Å². The zero-order valence-corrected chi connectivity index (χ0v) is 31.0. The van der Waals surface area contributed by atoms with Crippen LogP contribution in [0, 0.1) is 23.7 Å². The maximum absolute atomic E-state index is 13.3. The molecule has 0 saturated carbocycles. The summed E-state index contributed by atoms with van der Waals surface area (Å²) in [6.45, 7) is 11.6. The first-order valence-electron chi connectivity index (χ1n) is 17.7. The molecular weight excluding hydrogens is 634 g/mol. The maximum Gasteiger partial charge on any atom is 0.330 e. The van der Waals surface area contributed by atoms with E-state index >= 15 is 0 Å². The fraction of sp³-hybridized carbons (Fsp3) is 0.784. The lowest BCUT2D eigenvalue weighted by atomic mass is 9.84. The van der Waals surface area contributed by atoms with E-state index < -0.39 is 67.2 Å². The molecular formula is C37H61NO11. The van der Waals surface area contributed by atoms with Crippen molar-refractivity contribution in [3.63, 3.8) is 0 Å². The van der Waals surface area contributed by atoms with E-state index in [0.717, 1.165) is 0 Å². The van der Waals surface area contributed by atoms with Gasteiger partial charge in [0, 0.05) is 44.1 Å². The molecule has 3 aliphatic heterocycles. The molecule has 3 aliphatic rings. The summed E-state index contributed by atoms with van der Waals surface area (Å²) in [4.78, 5) is 28.4. The second-order valence-corrected chi connectivity index (χ2v) is 14.1. The number of methoxy groups -OCH3 is 2. The number of nitrogens with zero attached hydrogens (tertiary/aromatic N) is 1. The van der Waals surface area contributed by atoms with Crippen LogP contribution in [0.3, 0.4) is 0 Å². The van der Waals surface area contributed by atoms with Crippen molar-refractivity contribution in [3.05, 3.63) is 36.5 Å². The molecule has 2 fully saturated rings. The van der Waals surface area contributed by atoms with Crippen LogP contribution in [-0.4, -0.2) is 129 Å². The maximum atomic E-state index is 13.3. The normalized spacial score (nSPS) is 41.6. The van der Waals surface area contributed by atoms with Crippen molar-refractivity contribution >= 4 is 11.8 Å². The van der Waals surface area contributed by atoms with Gasteiger partial charge < -0.3 is 48.3 Å². The molecule has 3 rings (SSSR count). The lowest BCUT2D eigenvalue weighted by Gasteiger charge is -2.43. The summed E-state index contributed by atoms with van der Waals surface area (Å²) in [7, 11) is 6.85. The number of likely N-dealkylation sites (N-methyl/N-ethyl adjacent to an activating group) is 1. The molecule has 2 N–H and O–H groups in total. The van der Waals surface area contributed by atoms with E-state index in [1.807, 2.05) is 59.7 Å². The molecule has 0 radical (unpaired) electrons. The summed E-state index contributed by atoms with van der Waals surface area (Å²) in [6.07, 6.45) is 5.21. The van der Waals surface area contributed by atoms with Crippen molar-refractivity contribution in [2.75, 3.05) is 34.9 Å². The van der Waals surface area contributed by atoms with Crippen LogP contribution in [-0.2, 0) is 42.7 Å². The van der Waals surface area contributed by atoms with Crippen molar-refractivity contribution < 1.29 is 53.0 Å². The Morgan fingerprint density at radius 3 is 2.18 bits per heavy atom. The molecule has 280 valence electrons. The average molecular weight is 696 g/mol. The Hall–Kier alpha value is -2.00. The zero-order chi connectivity index (χ0) is 36.4. The average Bonchev–Trinajstić information content (AvgIpc) is 3.06. The highest BCUT2D eigenvalue weighted by Crippen LogP contribution is 2.32. The summed E-state index contributed by atoms with van der Waals surface area (Å²) in [6, 6.07) is -0.140. The van der Waals surface area contributed by atoms with Gasteiger partial charge in [0.15, 0.2) is 18.4 Å². The van der Waals surface area contributed by atoms with Crippen LogP contribution >= 0.6 is 0 Å². The van der Waals surface area contributed by atoms with Crippen LogP contribution in [0.15, 0.2) is 36.5 Å². The molecule has 0 spiro atoms. The largest absolute Gasteiger partial charge is 0.459 e. The molecule has 2 saturated heterocycles. The molecule has 12 nitrogen and oxygen atoms in total.